The maximum atomic E-state index is 10.6. The number of hydrogen-bond acceptors (Lipinski definition) is 0. The average Bonchev–Trinajstić information content (AvgIpc) is 0.722. The van der Waals surface area contributed by atoms with Gasteiger partial charge in [-0.3, -0.25) is 0 Å². The molecule has 0 atom stereocenters. The molecule has 0 aliphatic carbocycles. The zero-order valence-electron chi connectivity index (χ0n) is 2.31. The Hall–Kier alpha value is 1.18. The Balaban J connectivity index is 0. The molecule has 0 saturated carbocycles. The van der Waals surface area contributed by atoms with E-state index in [1.165, 1.54) is 0 Å². The minimum atomic E-state index is -3.56. The minimum Gasteiger partial charge on any atom is -0.172 e. The molecule has 0 unspecified atom stereocenters. The third-order valence-electron chi connectivity index (χ3n) is 0. The summed E-state index contributed by atoms with van der Waals surface area (Å²) in [6.07, 6.45) is 0. The van der Waals surface area contributed by atoms with E-state index in [2.05, 4.69) is 23.2 Å². The molecule has 1 radical (unpaired) electrons. The van der Waals surface area contributed by atoms with Crippen molar-refractivity contribution in [2.75, 3.05) is 0 Å². The summed E-state index contributed by atoms with van der Waals surface area (Å²) in [5.74, 6) is 0. The van der Waals surface area contributed by atoms with Gasteiger partial charge in [0.25, 0.3) is 0 Å². The van der Waals surface area contributed by atoms with Crippen LogP contribution in [0.1, 0.15) is 0 Å². The van der Waals surface area contributed by atoms with Crippen LogP contribution in [-0.2, 0) is 22.4 Å². The molecule has 6 heavy (non-hydrogen) atoms. The number of halogens is 4. The van der Waals surface area contributed by atoms with Crippen LogP contribution in [0.15, 0.2) is 0 Å². The molecule has 0 aromatic carbocycles. The normalized spacial score (nSPS) is 10.0. The van der Waals surface area contributed by atoms with Crippen LogP contribution in [0.2, 0.25) is 0 Å². The summed E-state index contributed by atoms with van der Waals surface area (Å²) in [7, 11) is 0. The molecule has 0 N–H and O–H groups in total. The van der Waals surface area contributed by atoms with Gasteiger partial charge in [-0.2, -0.15) is 8.78 Å². The fourth-order valence-electron chi connectivity index (χ4n) is 0. The van der Waals surface area contributed by atoms with E-state index in [0.717, 1.165) is 0 Å². The van der Waals surface area contributed by atoms with E-state index in [4.69, 9.17) is 0 Å². The summed E-state index contributed by atoms with van der Waals surface area (Å²) in [6, 6.07) is 0. The maximum absolute atomic E-state index is 10.6. The zero-order valence-corrected chi connectivity index (χ0v) is 5.99. The molecule has 0 aromatic rings. The molecule has 0 aliphatic rings. The molecule has 5 heteroatoms. The van der Waals surface area contributed by atoms with Crippen LogP contribution < -0.4 is 0 Å². The predicted octanol–water partition coefficient (Wildman–Crippen LogP) is 2.01. The summed E-state index contributed by atoms with van der Waals surface area (Å²) >= 11 is 7.92. The molecule has 0 aliphatic heterocycles. The van der Waals surface area contributed by atoms with Crippen LogP contribution in [-0.4, -0.2) is 4.84 Å². The standard InChI is InChI=1S/CCl2F2.Au/c2-1(3,4)5;. The molecule has 43 valence electrons. The zero-order chi connectivity index (χ0) is 4.50. The molecular formula is CAuCl2F2. The molecular weight excluding hydrogens is 318 g/mol. The van der Waals surface area contributed by atoms with Crippen LogP contribution in [0.5, 0.6) is 0 Å². The molecule has 0 rings (SSSR count). The van der Waals surface area contributed by atoms with Gasteiger partial charge in [0.05, 0.1) is 0 Å². The molecule has 0 bridgehead atoms. The van der Waals surface area contributed by atoms with Crippen molar-refractivity contribution in [3.05, 3.63) is 0 Å². The molecule has 0 nitrogen and oxygen atoms in total. The maximum Gasteiger partial charge on any atom is 0.401 e. The predicted molar refractivity (Wildman–Crippen MR) is 16.7 cm³/mol. The summed E-state index contributed by atoms with van der Waals surface area (Å²) in [6.45, 7) is 0. The number of alkyl halides is 4. The number of hydrogen-bond donors (Lipinski definition) is 0. The van der Waals surface area contributed by atoms with E-state index in [9.17, 15) is 8.78 Å². The molecule has 0 aromatic heterocycles. The van der Waals surface area contributed by atoms with Gasteiger partial charge in [0, 0.05) is 22.4 Å². The van der Waals surface area contributed by atoms with E-state index in [1.54, 1.807) is 0 Å². The fraction of sp³-hybridized carbons (Fsp3) is 1.00. The first-order valence-corrected chi connectivity index (χ1v) is 1.51. The second-order valence-electron chi connectivity index (χ2n) is 0.429. The Morgan fingerprint density at radius 2 is 1.17 bits per heavy atom. The second-order valence-corrected chi connectivity index (χ2v) is 1.57. The van der Waals surface area contributed by atoms with Crippen molar-refractivity contribution in [2.45, 2.75) is 4.84 Å². The van der Waals surface area contributed by atoms with Crippen LogP contribution >= 0.6 is 23.2 Å². The third-order valence-corrected chi connectivity index (χ3v) is 0. The van der Waals surface area contributed by atoms with Gasteiger partial charge in [-0.15, -0.1) is 0 Å². The van der Waals surface area contributed by atoms with Gasteiger partial charge in [0.15, 0.2) is 0 Å². The van der Waals surface area contributed by atoms with Gasteiger partial charge < -0.3 is 0 Å². The van der Waals surface area contributed by atoms with E-state index in [1.807, 2.05) is 0 Å². The van der Waals surface area contributed by atoms with E-state index in [0.29, 0.717) is 0 Å². The molecule has 0 fully saturated rings. The van der Waals surface area contributed by atoms with Crippen LogP contribution in [0, 0.1) is 0 Å². The van der Waals surface area contributed by atoms with Crippen LogP contribution in [0.3, 0.4) is 0 Å². The van der Waals surface area contributed by atoms with Crippen LogP contribution in [0.4, 0.5) is 8.78 Å². The Kier molecular flexibility index (Phi) is 5.48. The first kappa shape index (κ1) is 10.2. The average molecular weight is 318 g/mol. The monoisotopic (exact) mass is 317 g/mol. The molecule has 0 spiro atoms. The van der Waals surface area contributed by atoms with Gasteiger partial charge >= 0.3 is 4.84 Å². The van der Waals surface area contributed by atoms with Gasteiger partial charge in [-0.1, -0.05) is 0 Å². The second kappa shape index (κ2) is 3.22. The van der Waals surface area contributed by atoms with E-state index in [-0.39, 0.29) is 22.4 Å². The first-order valence-electron chi connectivity index (χ1n) is 0.756. The summed E-state index contributed by atoms with van der Waals surface area (Å²) in [5, 5.41) is 0. The fourth-order valence-corrected chi connectivity index (χ4v) is 0. The van der Waals surface area contributed by atoms with Crippen molar-refractivity contribution in [3.8, 4) is 0 Å². The molecule has 0 saturated heterocycles. The summed E-state index contributed by atoms with van der Waals surface area (Å²) in [4.78, 5) is -3.56. The van der Waals surface area contributed by atoms with Gasteiger partial charge in [0.2, 0.25) is 0 Å². The Labute approximate surface area is 59.3 Å². The van der Waals surface area contributed by atoms with E-state index < -0.39 is 4.84 Å². The number of rotatable bonds is 0. The van der Waals surface area contributed by atoms with Crippen molar-refractivity contribution in [1.29, 1.82) is 0 Å². The van der Waals surface area contributed by atoms with Gasteiger partial charge in [-0.25, -0.2) is 0 Å². The minimum absolute atomic E-state index is 0. The summed E-state index contributed by atoms with van der Waals surface area (Å²) < 4.78 is 21.1. The molecule has 0 amide bonds. The van der Waals surface area contributed by atoms with Gasteiger partial charge in [0.1, 0.15) is 0 Å². The Bertz CT molecular complexity index is 27.0. The topological polar surface area (TPSA) is 0 Å². The summed E-state index contributed by atoms with van der Waals surface area (Å²) in [5.41, 5.74) is 0. The van der Waals surface area contributed by atoms with Crippen molar-refractivity contribution in [1.82, 2.24) is 0 Å². The van der Waals surface area contributed by atoms with Crippen LogP contribution in [0.25, 0.3) is 0 Å². The quantitative estimate of drug-likeness (QED) is 0.474. The van der Waals surface area contributed by atoms with Crippen molar-refractivity contribution in [3.63, 3.8) is 0 Å². The Morgan fingerprint density at radius 1 is 1.17 bits per heavy atom. The van der Waals surface area contributed by atoms with E-state index >= 15 is 0 Å². The molecule has 0 heterocycles. The van der Waals surface area contributed by atoms with Crippen molar-refractivity contribution < 1.29 is 31.2 Å². The first-order chi connectivity index (χ1) is 2.00. The third kappa shape index (κ3) is 65.0. The van der Waals surface area contributed by atoms with Gasteiger partial charge in [-0.05, 0) is 23.2 Å². The van der Waals surface area contributed by atoms with Crippen molar-refractivity contribution in [2.24, 2.45) is 0 Å². The van der Waals surface area contributed by atoms with Crippen molar-refractivity contribution >= 4 is 23.2 Å². The largest absolute Gasteiger partial charge is 0.401 e. The smallest absolute Gasteiger partial charge is 0.172 e. The Morgan fingerprint density at radius 3 is 1.17 bits per heavy atom. The SMILES string of the molecule is FC(F)(Cl)Cl.[Au].